The molecule has 0 aliphatic carbocycles. The minimum absolute atomic E-state index is 0.222. The van der Waals surface area contributed by atoms with Crippen molar-refractivity contribution >= 4 is 11.8 Å². The van der Waals surface area contributed by atoms with Crippen molar-refractivity contribution in [3.63, 3.8) is 0 Å². The van der Waals surface area contributed by atoms with Crippen molar-refractivity contribution in [1.29, 1.82) is 0 Å². The van der Waals surface area contributed by atoms with Crippen LogP contribution in [-0.4, -0.2) is 16.7 Å². The molecule has 2 heterocycles. The Morgan fingerprint density at radius 1 is 1.45 bits per heavy atom. The quantitative estimate of drug-likeness (QED) is 0.875. The molecule has 2 aromatic rings. The Hall–Kier alpha value is -1.33. The first-order valence-corrected chi connectivity index (χ1v) is 7.96. The van der Waals surface area contributed by atoms with E-state index in [-0.39, 0.29) is 6.04 Å². The summed E-state index contributed by atoms with van der Waals surface area (Å²) in [6.45, 7) is 5.35. The lowest BCUT2D eigenvalue weighted by atomic mass is 10.0. The van der Waals surface area contributed by atoms with E-state index in [9.17, 15) is 0 Å². The topological polar surface area (TPSA) is 51.0 Å². The van der Waals surface area contributed by atoms with Crippen LogP contribution >= 0.6 is 11.8 Å². The maximum Gasteiger partial charge on any atom is 0.244 e. The number of nitrogens with zero attached hydrogens (tertiary/aromatic N) is 2. The van der Waals surface area contributed by atoms with Gasteiger partial charge in [-0.15, -0.1) is 11.8 Å². The van der Waals surface area contributed by atoms with Crippen molar-refractivity contribution in [2.45, 2.75) is 37.0 Å². The molecule has 106 valence electrons. The van der Waals surface area contributed by atoms with Crippen LogP contribution in [0, 0.1) is 12.8 Å². The summed E-state index contributed by atoms with van der Waals surface area (Å²) in [5.74, 6) is 2.81. The third kappa shape index (κ3) is 3.04. The van der Waals surface area contributed by atoms with Gasteiger partial charge < -0.3 is 9.84 Å². The predicted molar refractivity (Wildman–Crippen MR) is 79.6 cm³/mol. The minimum Gasteiger partial charge on any atom is -0.338 e. The second-order valence-corrected chi connectivity index (χ2v) is 6.40. The Balaban J connectivity index is 1.63. The highest BCUT2D eigenvalue weighted by atomic mass is 32.2. The first-order valence-electron chi connectivity index (χ1n) is 6.98. The fourth-order valence-electron chi connectivity index (χ4n) is 2.47. The number of aryl methyl sites for hydroxylation is 1. The molecule has 2 unspecified atom stereocenters. The van der Waals surface area contributed by atoms with Crippen molar-refractivity contribution < 1.29 is 4.52 Å². The Labute approximate surface area is 123 Å². The Kier molecular flexibility index (Phi) is 4.08. The van der Waals surface area contributed by atoms with Gasteiger partial charge in [-0.3, -0.25) is 0 Å². The number of aromatic nitrogens is 2. The van der Waals surface area contributed by atoms with E-state index in [0.717, 1.165) is 24.0 Å². The number of hydrogen-bond donors (Lipinski definition) is 1. The van der Waals surface area contributed by atoms with Crippen LogP contribution in [0.2, 0.25) is 0 Å². The molecule has 4 nitrogen and oxygen atoms in total. The van der Waals surface area contributed by atoms with E-state index in [4.69, 9.17) is 4.52 Å². The average molecular weight is 289 g/mol. The number of hydrogen-bond acceptors (Lipinski definition) is 5. The second-order valence-electron chi connectivity index (χ2n) is 5.35. The molecule has 20 heavy (non-hydrogen) atoms. The fraction of sp³-hybridized carbons (Fsp3) is 0.467. The van der Waals surface area contributed by atoms with Crippen molar-refractivity contribution in [1.82, 2.24) is 15.5 Å². The highest BCUT2D eigenvalue weighted by Gasteiger charge is 2.29. The van der Waals surface area contributed by atoms with Crippen LogP contribution in [0.3, 0.4) is 0 Å². The Morgan fingerprint density at radius 3 is 3.10 bits per heavy atom. The van der Waals surface area contributed by atoms with Crippen LogP contribution in [0.1, 0.15) is 36.7 Å². The lowest BCUT2D eigenvalue weighted by Crippen LogP contribution is -2.16. The molecule has 0 amide bonds. The van der Waals surface area contributed by atoms with Crippen molar-refractivity contribution in [3.05, 3.63) is 41.5 Å². The van der Waals surface area contributed by atoms with Crippen molar-refractivity contribution in [2.24, 2.45) is 5.92 Å². The predicted octanol–water partition coefficient (Wildman–Crippen LogP) is 3.34. The molecule has 0 bridgehead atoms. The van der Waals surface area contributed by atoms with Crippen LogP contribution in [0.4, 0.5) is 0 Å². The van der Waals surface area contributed by atoms with Gasteiger partial charge in [0.25, 0.3) is 0 Å². The molecular formula is C15H19N3OS. The van der Waals surface area contributed by atoms with E-state index in [1.807, 2.05) is 0 Å². The van der Waals surface area contributed by atoms with E-state index in [1.165, 1.54) is 16.9 Å². The van der Waals surface area contributed by atoms with Crippen molar-refractivity contribution in [2.75, 3.05) is 6.54 Å². The SMILES string of the molecule is Cc1cccc(SCc2noc(C3NCCC3C)n2)c1. The minimum atomic E-state index is 0.222. The Morgan fingerprint density at radius 2 is 2.35 bits per heavy atom. The standard InChI is InChI=1S/C15H19N3OS/c1-10-4-3-5-12(8-10)20-9-13-17-15(19-18-13)14-11(2)6-7-16-14/h3-5,8,11,14,16H,6-7,9H2,1-2H3. The summed E-state index contributed by atoms with van der Waals surface area (Å²) < 4.78 is 5.39. The number of rotatable bonds is 4. The van der Waals surface area contributed by atoms with Crippen molar-refractivity contribution in [3.8, 4) is 0 Å². The Bertz CT molecular complexity index is 584. The van der Waals surface area contributed by atoms with Crippen LogP contribution in [-0.2, 0) is 5.75 Å². The number of benzene rings is 1. The van der Waals surface area contributed by atoms with Gasteiger partial charge in [0.2, 0.25) is 5.89 Å². The molecule has 1 aromatic heterocycles. The van der Waals surface area contributed by atoms with E-state index < -0.39 is 0 Å². The molecule has 1 aliphatic rings. The van der Waals surface area contributed by atoms with Gasteiger partial charge in [-0.25, -0.2) is 0 Å². The molecule has 1 N–H and O–H groups in total. The van der Waals surface area contributed by atoms with Crippen LogP contribution < -0.4 is 5.32 Å². The lowest BCUT2D eigenvalue weighted by molar-refractivity contribution is 0.317. The van der Waals surface area contributed by atoms with Crippen LogP contribution in [0.15, 0.2) is 33.7 Å². The second kappa shape index (κ2) is 5.97. The third-order valence-corrected chi connectivity index (χ3v) is 4.63. The molecule has 0 spiro atoms. The van der Waals surface area contributed by atoms with Crippen LogP contribution in [0.5, 0.6) is 0 Å². The maximum atomic E-state index is 5.39. The molecule has 3 rings (SSSR count). The average Bonchev–Trinajstić information content (AvgIpc) is 3.05. The van der Waals surface area contributed by atoms with Gasteiger partial charge in [0.1, 0.15) is 0 Å². The molecule has 0 radical (unpaired) electrons. The lowest BCUT2D eigenvalue weighted by Gasteiger charge is -2.09. The normalized spacial score (nSPS) is 22.3. The zero-order valence-electron chi connectivity index (χ0n) is 11.8. The molecule has 1 aromatic carbocycles. The summed E-state index contributed by atoms with van der Waals surface area (Å²) in [6.07, 6.45) is 1.17. The van der Waals surface area contributed by atoms with Gasteiger partial charge in [-0.05, 0) is 37.9 Å². The molecular weight excluding hydrogens is 270 g/mol. The number of nitrogens with one attached hydrogen (secondary N) is 1. The number of thioether (sulfide) groups is 1. The summed E-state index contributed by atoms with van der Waals surface area (Å²) in [7, 11) is 0. The van der Waals surface area contributed by atoms with E-state index in [1.54, 1.807) is 11.8 Å². The van der Waals surface area contributed by atoms with Gasteiger partial charge >= 0.3 is 0 Å². The first-order chi connectivity index (χ1) is 9.72. The molecule has 1 fully saturated rings. The summed E-state index contributed by atoms with van der Waals surface area (Å²) in [5, 5.41) is 7.50. The fourth-order valence-corrected chi connectivity index (χ4v) is 3.33. The highest BCUT2D eigenvalue weighted by Crippen LogP contribution is 2.28. The summed E-state index contributed by atoms with van der Waals surface area (Å²) in [4.78, 5) is 5.76. The summed E-state index contributed by atoms with van der Waals surface area (Å²) >= 11 is 1.74. The molecule has 2 atom stereocenters. The van der Waals surface area contributed by atoms with Gasteiger partial charge in [0, 0.05) is 4.90 Å². The largest absolute Gasteiger partial charge is 0.338 e. The molecule has 1 saturated heterocycles. The zero-order valence-corrected chi connectivity index (χ0v) is 12.6. The van der Waals surface area contributed by atoms with Gasteiger partial charge in [0.05, 0.1) is 11.8 Å². The van der Waals surface area contributed by atoms with Crippen LogP contribution in [0.25, 0.3) is 0 Å². The van der Waals surface area contributed by atoms with Gasteiger partial charge in [0.15, 0.2) is 5.82 Å². The summed E-state index contributed by atoms with van der Waals surface area (Å²) in [5.41, 5.74) is 1.27. The van der Waals surface area contributed by atoms with E-state index in [0.29, 0.717) is 5.92 Å². The molecule has 0 saturated carbocycles. The third-order valence-electron chi connectivity index (χ3n) is 3.64. The molecule has 5 heteroatoms. The highest BCUT2D eigenvalue weighted by molar-refractivity contribution is 7.98. The molecule has 1 aliphatic heterocycles. The first kappa shape index (κ1) is 13.6. The summed E-state index contributed by atoms with van der Waals surface area (Å²) in [6, 6.07) is 8.68. The zero-order chi connectivity index (χ0) is 13.9. The van der Waals surface area contributed by atoms with Gasteiger partial charge in [-0.1, -0.05) is 29.8 Å². The maximum absolute atomic E-state index is 5.39. The van der Waals surface area contributed by atoms with E-state index in [2.05, 4.69) is 53.6 Å². The van der Waals surface area contributed by atoms with E-state index >= 15 is 0 Å². The monoisotopic (exact) mass is 289 g/mol. The van der Waals surface area contributed by atoms with Gasteiger partial charge in [-0.2, -0.15) is 4.98 Å². The smallest absolute Gasteiger partial charge is 0.244 e.